The van der Waals surface area contributed by atoms with Crippen LogP contribution in [0.4, 0.5) is 5.69 Å². The number of carbonyl (C=O) groups is 3. The van der Waals surface area contributed by atoms with E-state index in [0.29, 0.717) is 16.8 Å². The Balaban J connectivity index is 2.08. The van der Waals surface area contributed by atoms with Crippen molar-refractivity contribution in [2.24, 2.45) is 0 Å². The molecule has 2 heterocycles. The molecule has 0 bridgehead atoms. The summed E-state index contributed by atoms with van der Waals surface area (Å²) in [5, 5.41) is 0. The molecule has 0 saturated heterocycles. The summed E-state index contributed by atoms with van der Waals surface area (Å²) in [5.41, 5.74) is 1.24. The minimum absolute atomic E-state index is 0.00184. The average molecular weight is 376 g/mol. The fourth-order valence-corrected chi connectivity index (χ4v) is 2.61. The number of rotatable bonds is 4. The van der Waals surface area contributed by atoms with Crippen molar-refractivity contribution in [2.75, 3.05) is 39.6 Å². The van der Waals surface area contributed by atoms with Crippen molar-refractivity contribution >= 4 is 34.7 Å². The molecule has 0 atom stereocenters. The van der Waals surface area contributed by atoms with Crippen LogP contribution in [0.2, 0.25) is 0 Å². The third-order valence-electron chi connectivity index (χ3n) is 3.88. The van der Waals surface area contributed by atoms with E-state index in [1.54, 1.807) is 18.2 Å². The lowest BCUT2D eigenvalue weighted by molar-refractivity contribution is -0.140. The van der Waals surface area contributed by atoms with E-state index < -0.39 is 17.9 Å². The minimum Gasteiger partial charge on any atom is -0.466 e. The molecule has 0 saturated carbocycles. The van der Waals surface area contributed by atoms with Crippen LogP contribution in [0.25, 0.3) is 11.1 Å². The lowest BCUT2D eigenvalue weighted by Gasteiger charge is -2.31. The quantitative estimate of drug-likeness (QED) is 0.565. The van der Waals surface area contributed by atoms with Gasteiger partial charge in [0.15, 0.2) is 5.58 Å². The zero-order valence-corrected chi connectivity index (χ0v) is 14.8. The topological polar surface area (TPSA) is 117 Å². The van der Waals surface area contributed by atoms with Gasteiger partial charge in [0.2, 0.25) is 0 Å². The number of oxazole rings is 1. The van der Waals surface area contributed by atoms with Crippen molar-refractivity contribution < 1.29 is 37.7 Å². The second-order valence-electron chi connectivity index (χ2n) is 5.38. The van der Waals surface area contributed by atoms with E-state index in [0.717, 1.165) is 0 Å². The fourth-order valence-electron chi connectivity index (χ4n) is 2.61. The number of fused-ring (bicyclic) bond motifs is 1. The number of nitrogens with zero attached hydrogens (tertiary/aromatic N) is 2. The molecule has 0 spiro atoms. The number of hydrogen-bond donors (Lipinski definition) is 0. The molecule has 1 aromatic heterocycles. The van der Waals surface area contributed by atoms with E-state index in [1.807, 2.05) is 0 Å². The zero-order valence-electron chi connectivity index (χ0n) is 14.8. The van der Waals surface area contributed by atoms with Gasteiger partial charge in [0.05, 0.1) is 33.5 Å². The minimum atomic E-state index is -0.714. The molecule has 10 nitrogen and oxygen atoms in total. The molecule has 0 radical (unpaired) electrons. The van der Waals surface area contributed by atoms with Crippen molar-refractivity contribution in [3.63, 3.8) is 0 Å². The van der Waals surface area contributed by atoms with Crippen LogP contribution in [-0.4, -0.2) is 57.6 Å². The molecular weight excluding hydrogens is 360 g/mol. The summed E-state index contributed by atoms with van der Waals surface area (Å²) in [7, 11) is 3.63. The number of methoxy groups -OCH3 is 3. The van der Waals surface area contributed by atoms with Crippen LogP contribution in [0.1, 0.15) is 10.7 Å². The van der Waals surface area contributed by atoms with Gasteiger partial charge < -0.3 is 28.3 Å². The predicted molar refractivity (Wildman–Crippen MR) is 89.7 cm³/mol. The molecule has 1 aliphatic heterocycles. The maximum Gasteiger partial charge on any atom is 0.394 e. The highest BCUT2D eigenvalue weighted by Crippen LogP contribution is 2.29. The SMILES string of the molecule is COC(=O)C1=C(C(=O)OC)N(c2ccc3oc(C(=O)OC)nc3c2)COC1. The zero-order chi connectivity index (χ0) is 19.6. The molecule has 10 heteroatoms. The number of ether oxygens (including phenoxy) is 4. The Morgan fingerprint density at radius 3 is 2.41 bits per heavy atom. The second kappa shape index (κ2) is 7.46. The Morgan fingerprint density at radius 1 is 1.04 bits per heavy atom. The van der Waals surface area contributed by atoms with Crippen molar-refractivity contribution in [2.45, 2.75) is 0 Å². The summed E-state index contributed by atoms with van der Waals surface area (Å²) in [6.45, 7) is -0.0928. The summed E-state index contributed by atoms with van der Waals surface area (Å²) in [6.07, 6.45) is 0. The molecule has 27 heavy (non-hydrogen) atoms. The van der Waals surface area contributed by atoms with Gasteiger partial charge in [0, 0.05) is 5.69 Å². The number of esters is 3. The fraction of sp³-hybridized carbons (Fsp3) is 0.294. The van der Waals surface area contributed by atoms with Crippen LogP contribution in [0, 0.1) is 0 Å². The first kappa shape index (κ1) is 18.4. The smallest absolute Gasteiger partial charge is 0.394 e. The third-order valence-corrected chi connectivity index (χ3v) is 3.88. The van der Waals surface area contributed by atoms with Crippen LogP contribution in [0.5, 0.6) is 0 Å². The Hall–Kier alpha value is -3.40. The molecular formula is C17H16N2O8. The molecule has 142 valence electrons. The van der Waals surface area contributed by atoms with E-state index in [1.165, 1.54) is 26.2 Å². The molecule has 0 aliphatic carbocycles. The van der Waals surface area contributed by atoms with Crippen molar-refractivity contribution in [1.82, 2.24) is 4.98 Å². The molecule has 1 aliphatic rings. The number of carbonyl (C=O) groups excluding carboxylic acids is 3. The number of aromatic nitrogens is 1. The largest absolute Gasteiger partial charge is 0.466 e. The molecule has 0 fully saturated rings. The highest BCUT2D eigenvalue weighted by molar-refractivity contribution is 6.03. The summed E-state index contributed by atoms with van der Waals surface area (Å²) < 4.78 is 24.8. The Kier molecular flexibility index (Phi) is 5.08. The average Bonchev–Trinajstić information content (AvgIpc) is 3.14. The van der Waals surface area contributed by atoms with E-state index in [9.17, 15) is 14.4 Å². The first-order chi connectivity index (χ1) is 13.0. The van der Waals surface area contributed by atoms with E-state index in [-0.39, 0.29) is 30.5 Å². The summed E-state index contributed by atoms with van der Waals surface area (Å²) in [5.74, 6) is -2.32. The summed E-state index contributed by atoms with van der Waals surface area (Å²) in [6, 6.07) is 4.78. The van der Waals surface area contributed by atoms with E-state index in [4.69, 9.17) is 18.6 Å². The van der Waals surface area contributed by atoms with Gasteiger partial charge >= 0.3 is 23.8 Å². The highest BCUT2D eigenvalue weighted by atomic mass is 16.5. The van der Waals surface area contributed by atoms with Crippen LogP contribution < -0.4 is 4.90 Å². The Bertz CT molecular complexity index is 946. The summed E-state index contributed by atoms with van der Waals surface area (Å²) >= 11 is 0. The molecule has 0 N–H and O–H groups in total. The predicted octanol–water partition coefficient (Wildman–Crippen LogP) is 1.01. The molecule has 3 rings (SSSR count). The maximum atomic E-state index is 12.3. The Labute approximate surface area is 153 Å². The van der Waals surface area contributed by atoms with Crippen LogP contribution >= 0.6 is 0 Å². The monoisotopic (exact) mass is 376 g/mol. The van der Waals surface area contributed by atoms with Crippen LogP contribution in [0.15, 0.2) is 33.9 Å². The van der Waals surface area contributed by atoms with Crippen molar-refractivity contribution in [1.29, 1.82) is 0 Å². The Morgan fingerprint density at radius 2 is 1.74 bits per heavy atom. The van der Waals surface area contributed by atoms with Crippen molar-refractivity contribution in [3.8, 4) is 0 Å². The van der Waals surface area contributed by atoms with Gasteiger partial charge in [-0.15, -0.1) is 0 Å². The van der Waals surface area contributed by atoms with Gasteiger partial charge in [-0.1, -0.05) is 0 Å². The lowest BCUT2D eigenvalue weighted by Crippen LogP contribution is -2.38. The molecule has 0 amide bonds. The van der Waals surface area contributed by atoms with Gasteiger partial charge in [0.1, 0.15) is 17.9 Å². The first-order valence-electron chi connectivity index (χ1n) is 7.74. The second-order valence-corrected chi connectivity index (χ2v) is 5.38. The molecule has 0 unspecified atom stereocenters. The highest BCUT2D eigenvalue weighted by Gasteiger charge is 2.32. The molecule has 1 aromatic carbocycles. The maximum absolute atomic E-state index is 12.3. The van der Waals surface area contributed by atoms with Gasteiger partial charge in [-0.25, -0.2) is 19.4 Å². The normalized spacial score (nSPS) is 14.3. The van der Waals surface area contributed by atoms with Gasteiger partial charge in [-0.05, 0) is 18.2 Å². The third kappa shape index (κ3) is 3.34. The van der Waals surface area contributed by atoms with Crippen LogP contribution in [0.3, 0.4) is 0 Å². The molecule has 2 aromatic rings. The number of hydrogen-bond acceptors (Lipinski definition) is 10. The van der Waals surface area contributed by atoms with E-state index in [2.05, 4.69) is 9.72 Å². The summed E-state index contributed by atoms with van der Waals surface area (Å²) in [4.78, 5) is 41.4. The lowest BCUT2D eigenvalue weighted by atomic mass is 10.1. The standard InChI is InChI=1S/C17H16N2O8/c1-23-15(20)10-7-26-8-19(13(10)16(21)24-2)9-4-5-12-11(6-9)18-14(27-12)17(22)25-3/h4-6H,7-8H2,1-3H3. The van der Waals surface area contributed by atoms with Crippen molar-refractivity contribution in [3.05, 3.63) is 35.4 Å². The number of anilines is 1. The number of benzene rings is 1. The van der Waals surface area contributed by atoms with E-state index >= 15 is 0 Å². The van der Waals surface area contributed by atoms with Gasteiger partial charge in [-0.3, -0.25) is 0 Å². The van der Waals surface area contributed by atoms with Crippen LogP contribution in [-0.2, 0) is 28.5 Å². The van der Waals surface area contributed by atoms with Gasteiger partial charge in [-0.2, -0.15) is 0 Å². The first-order valence-corrected chi connectivity index (χ1v) is 7.74. The van der Waals surface area contributed by atoms with Gasteiger partial charge in [0.25, 0.3) is 0 Å².